The highest BCUT2D eigenvalue weighted by atomic mass is 16.6. The summed E-state index contributed by atoms with van der Waals surface area (Å²) in [7, 11) is 0. The highest BCUT2D eigenvalue weighted by molar-refractivity contribution is 5.84. The van der Waals surface area contributed by atoms with Crippen molar-refractivity contribution >= 4 is 22.7 Å². The van der Waals surface area contributed by atoms with Crippen molar-refractivity contribution in [2.75, 3.05) is 13.2 Å². The number of hydrogen-bond acceptors (Lipinski definition) is 7. The number of ether oxygens (including phenoxy) is 1. The van der Waals surface area contributed by atoms with E-state index in [1.807, 2.05) is 36.4 Å². The molecule has 5 rings (SSSR count). The second-order valence-electron chi connectivity index (χ2n) is 8.65. The van der Waals surface area contributed by atoms with Crippen molar-refractivity contribution in [3.05, 3.63) is 93.7 Å². The van der Waals surface area contributed by atoms with E-state index in [9.17, 15) is 25.1 Å². The Hall–Kier alpha value is -4.28. The van der Waals surface area contributed by atoms with E-state index in [0.717, 1.165) is 22.3 Å². The molecule has 1 aliphatic carbocycles. The van der Waals surface area contributed by atoms with Crippen molar-refractivity contribution in [1.29, 1.82) is 0 Å². The summed E-state index contributed by atoms with van der Waals surface area (Å²) in [6, 6.07) is 20.1. The molecule has 0 saturated carbocycles. The number of hydrogen-bond donors (Lipinski definition) is 4. The van der Waals surface area contributed by atoms with Crippen LogP contribution in [0.1, 0.15) is 35.3 Å². The fourth-order valence-corrected chi connectivity index (χ4v) is 4.68. The molecule has 1 aromatic heterocycles. The lowest BCUT2D eigenvalue weighted by molar-refractivity contribution is -0.384. The minimum atomic E-state index is -1.37. The second-order valence-corrected chi connectivity index (χ2v) is 8.65. The van der Waals surface area contributed by atoms with Gasteiger partial charge in [-0.2, -0.15) is 5.10 Å². The normalized spacial score (nSPS) is 14.2. The van der Waals surface area contributed by atoms with E-state index in [1.165, 1.54) is 18.2 Å². The van der Waals surface area contributed by atoms with Gasteiger partial charge in [0.05, 0.1) is 22.2 Å². The van der Waals surface area contributed by atoms with Gasteiger partial charge in [0.25, 0.3) is 5.69 Å². The van der Waals surface area contributed by atoms with Crippen molar-refractivity contribution in [2.45, 2.75) is 24.5 Å². The Morgan fingerprint density at radius 2 is 1.75 bits per heavy atom. The number of nitrogens with zero attached hydrogens (tertiary/aromatic N) is 2. The number of carbonyl (C=O) groups is 1. The fraction of sp³-hybridized carbons (Fsp3) is 0.231. The monoisotopic (exact) mass is 488 g/mol. The predicted octanol–water partition coefficient (Wildman–Crippen LogP) is 3.79. The van der Waals surface area contributed by atoms with E-state index in [-0.39, 0.29) is 36.9 Å². The molecule has 36 heavy (non-hydrogen) atoms. The smallest absolute Gasteiger partial charge is 0.407 e. The van der Waals surface area contributed by atoms with Crippen LogP contribution in [0.5, 0.6) is 0 Å². The molecule has 1 aliphatic rings. The maximum Gasteiger partial charge on any atom is 0.407 e. The first kappa shape index (κ1) is 23.5. The molecule has 0 saturated heterocycles. The Labute approximate surface area is 205 Å². The summed E-state index contributed by atoms with van der Waals surface area (Å²) in [5.41, 5.74) is 4.94. The molecule has 3 aromatic carbocycles. The first-order valence-electron chi connectivity index (χ1n) is 11.5. The number of aliphatic hydroxyl groups is 2. The summed E-state index contributed by atoms with van der Waals surface area (Å²) >= 11 is 0. The molecular weight excluding hydrogens is 464 g/mol. The number of fused-ring (bicyclic) bond motifs is 4. The number of nitro benzene ring substituents is 1. The summed E-state index contributed by atoms with van der Waals surface area (Å²) in [5.74, 6) is -0.0618. The number of nitro groups is 1. The molecular formula is C26H24N4O6. The van der Waals surface area contributed by atoms with Crippen molar-refractivity contribution < 1.29 is 24.7 Å². The third kappa shape index (κ3) is 4.39. The number of aliphatic hydroxyl groups excluding tert-OH is 2. The van der Waals surface area contributed by atoms with Crippen molar-refractivity contribution in [3.8, 4) is 11.1 Å². The molecule has 10 heteroatoms. The number of amides is 1. The average molecular weight is 489 g/mol. The lowest BCUT2D eigenvalue weighted by Gasteiger charge is -2.18. The minimum absolute atomic E-state index is 0.0286. The number of non-ortho nitro benzene ring substituents is 1. The van der Waals surface area contributed by atoms with Crippen molar-refractivity contribution in [1.82, 2.24) is 15.5 Å². The topological polar surface area (TPSA) is 151 Å². The van der Waals surface area contributed by atoms with E-state index in [0.29, 0.717) is 10.9 Å². The van der Waals surface area contributed by atoms with Gasteiger partial charge in [0.15, 0.2) is 0 Å². The lowest BCUT2D eigenvalue weighted by atomic mass is 9.98. The first-order chi connectivity index (χ1) is 17.4. The summed E-state index contributed by atoms with van der Waals surface area (Å²) in [4.78, 5) is 22.8. The summed E-state index contributed by atoms with van der Waals surface area (Å²) in [5, 5.41) is 41.7. The van der Waals surface area contributed by atoms with Crippen LogP contribution in [-0.2, 0) is 4.74 Å². The van der Waals surface area contributed by atoms with Crippen LogP contribution < -0.4 is 5.32 Å². The highest BCUT2D eigenvalue weighted by Crippen LogP contribution is 2.44. The van der Waals surface area contributed by atoms with Crippen LogP contribution in [0.4, 0.5) is 10.5 Å². The number of H-pyrrole nitrogens is 1. The van der Waals surface area contributed by atoms with Crippen LogP contribution in [0.2, 0.25) is 0 Å². The zero-order valence-corrected chi connectivity index (χ0v) is 19.1. The lowest BCUT2D eigenvalue weighted by Crippen LogP contribution is -2.30. The Morgan fingerprint density at radius 3 is 2.42 bits per heavy atom. The summed E-state index contributed by atoms with van der Waals surface area (Å²) < 4.78 is 5.47. The Balaban J connectivity index is 1.16. The Bertz CT molecular complexity index is 1390. The summed E-state index contributed by atoms with van der Waals surface area (Å²) in [6.07, 6.45) is -3.22. The third-order valence-electron chi connectivity index (χ3n) is 6.49. The van der Waals surface area contributed by atoms with Crippen LogP contribution in [0, 0.1) is 10.1 Å². The molecule has 2 atom stereocenters. The minimum Gasteiger partial charge on any atom is -0.449 e. The molecule has 4 N–H and O–H groups in total. The first-order valence-corrected chi connectivity index (χ1v) is 11.5. The van der Waals surface area contributed by atoms with Gasteiger partial charge >= 0.3 is 6.09 Å². The number of rotatable bonds is 8. The fourth-order valence-electron chi connectivity index (χ4n) is 4.68. The predicted molar refractivity (Wildman–Crippen MR) is 131 cm³/mol. The van der Waals surface area contributed by atoms with Gasteiger partial charge in [0, 0.05) is 30.0 Å². The van der Waals surface area contributed by atoms with Gasteiger partial charge in [-0.25, -0.2) is 4.79 Å². The van der Waals surface area contributed by atoms with E-state index in [1.54, 1.807) is 0 Å². The quantitative estimate of drug-likeness (QED) is 0.218. The van der Waals surface area contributed by atoms with Gasteiger partial charge in [-0.1, -0.05) is 48.5 Å². The van der Waals surface area contributed by atoms with Crippen LogP contribution in [0.25, 0.3) is 22.0 Å². The van der Waals surface area contributed by atoms with Crippen LogP contribution in [0.3, 0.4) is 0 Å². The molecule has 1 amide bonds. The standard InChI is InChI=1S/C26H24N4O6/c31-23(25(32)24-20-13-15(30(34)35)9-10-22(20)28-29-24)11-12-27-26(33)36-14-21-18-7-3-1-5-16(18)17-6-2-4-8-19(17)21/h1-10,13,21,23,25,31-32H,11-12,14H2,(H,27,33)(H,28,29). The largest absolute Gasteiger partial charge is 0.449 e. The zero-order valence-electron chi connectivity index (χ0n) is 19.1. The maximum absolute atomic E-state index is 12.3. The van der Waals surface area contributed by atoms with Gasteiger partial charge in [-0.3, -0.25) is 15.2 Å². The van der Waals surface area contributed by atoms with Gasteiger partial charge in [0.2, 0.25) is 0 Å². The molecule has 0 radical (unpaired) electrons. The number of benzene rings is 3. The second kappa shape index (κ2) is 9.76. The number of alkyl carbamates (subject to hydrolysis) is 1. The van der Waals surface area contributed by atoms with Crippen LogP contribution in [-0.4, -0.2) is 50.7 Å². The Morgan fingerprint density at radius 1 is 1.08 bits per heavy atom. The molecule has 10 nitrogen and oxygen atoms in total. The maximum atomic E-state index is 12.3. The molecule has 1 heterocycles. The molecule has 0 bridgehead atoms. The van der Waals surface area contributed by atoms with E-state index >= 15 is 0 Å². The Kier molecular flexibility index (Phi) is 6.36. The zero-order chi connectivity index (χ0) is 25.2. The van der Waals surface area contributed by atoms with Gasteiger partial charge in [-0.15, -0.1) is 0 Å². The average Bonchev–Trinajstić information content (AvgIpc) is 3.45. The number of aromatic nitrogens is 2. The van der Waals surface area contributed by atoms with Crippen molar-refractivity contribution in [2.24, 2.45) is 0 Å². The number of nitrogens with one attached hydrogen (secondary N) is 2. The van der Waals surface area contributed by atoms with Gasteiger partial charge in [0.1, 0.15) is 12.7 Å². The summed E-state index contributed by atoms with van der Waals surface area (Å²) in [6.45, 7) is 0.227. The molecule has 0 fully saturated rings. The molecule has 184 valence electrons. The van der Waals surface area contributed by atoms with E-state index in [4.69, 9.17) is 4.74 Å². The van der Waals surface area contributed by atoms with Gasteiger partial charge < -0.3 is 20.3 Å². The van der Waals surface area contributed by atoms with Gasteiger partial charge in [-0.05, 0) is 34.7 Å². The van der Waals surface area contributed by atoms with E-state index in [2.05, 4.69) is 27.6 Å². The number of carbonyl (C=O) groups excluding carboxylic acids is 1. The molecule has 2 unspecified atom stereocenters. The molecule has 4 aromatic rings. The SMILES string of the molecule is O=C(NCCC(O)C(O)c1[nH]nc2ccc([N+](=O)[O-])cc12)OCC1c2ccccc2-c2ccccc21. The van der Waals surface area contributed by atoms with E-state index < -0.39 is 23.2 Å². The molecule has 0 spiro atoms. The van der Waals surface area contributed by atoms with Crippen LogP contribution >= 0.6 is 0 Å². The van der Waals surface area contributed by atoms with Crippen LogP contribution in [0.15, 0.2) is 66.7 Å². The molecule has 0 aliphatic heterocycles. The third-order valence-corrected chi connectivity index (χ3v) is 6.49. The number of aromatic amines is 1. The van der Waals surface area contributed by atoms with Crippen molar-refractivity contribution in [3.63, 3.8) is 0 Å². The highest BCUT2D eigenvalue weighted by Gasteiger charge is 2.29.